The zero-order valence-electron chi connectivity index (χ0n) is 15.3. The molecule has 7 nitrogen and oxygen atoms in total. The molecule has 27 heavy (non-hydrogen) atoms. The summed E-state index contributed by atoms with van der Waals surface area (Å²) in [6.45, 7) is 3.99. The molecule has 1 aliphatic carbocycles. The van der Waals surface area contributed by atoms with Crippen LogP contribution in [0.1, 0.15) is 45.7 Å². The van der Waals surface area contributed by atoms with Crippen molar-refractivity contribution in [1.82, 2.24) is 14.7 Å². The molecule has 1 aromatic heterocycles. The van der Waals surface area contributed by atoms with Crippen molar-refractivity contribution in [3.63, 3.8) is 0 Å². The number of rotatable bonds is 6. The summed E-state index contributed by atoms with van der Waals surface area (Å²) in [6, 6.07) is 7.55. The Balaban J connectivity index is 1.52. The van der Waals surface area contributed by atoms with Crippen LogP contribution in [0.4, 0.5) is 0 Å². The summed E-state index contributed by atoms with van der Waals surface area (Å²) in [7, 11) is 0. The summed E-state index contributed by atoms with van der Waals surface area (Å²) in [6.07, 6.45) is 4.50. The van der Waals surface area contributed by atoms with Crippen molar-refractivity contribution in [3.8, 4) is 5.69 Å². The maximum absolute atomic E-state index is 13.0. The molecule has 142 valence electrons. The van der Waals surface area contributed by atoms with Gasteiger partial charge in [0.05, 0.1) is 24.2 Å². The maximum atomic E-state index is 13.0. The third-order valence-corrected chi connectivity index (χ3v) is 5.33. The van der Waals surface area contributed by atoms with Gasteiger partial charge in [-0.2, -0.15) is 5.10 Å². The zero-order valence-corrected chi connectivity index (χ0v) is 15.3. The standard InChI is InChI=1S/C20H23N3O4/c1-13-18(20(25)26)10-21-23(13)17-4-2-15(3-5-17)19(24)22(16-6-7-16)11-14-8-9-27-12-14/h2-5,10,14,16H,6-9,11-12H2,1H3,(H,25,26)/t14-/m1/s1. The molecular formula is C20H23N3O4. The first kappa shape index (κ1) is 17.7. The first-order valence-corrected chi connectivity index (χ1v) is 9.31. The van der Waals surface area contributed by atoms with Crippen LogP contribution in [-0.2, 0) is 4.74 Å². The van der Waals surface area contributed by atoms with Crippen molar-refractivity contribution in [1.29, 1.82) is 0 Å². The lowest BCUT2D eigenvalue weighted by molar-refractivity contribution is 0.0690. The van der Waals surface area contributed by atoms with Crippen LogP contribution in [0.2, 0.25) is 0 Å². The molecule has 0 unspecified atom stereocenters. The molecule has 0 radical (unpaired) electrons. The molecule has 1 aromatic carbocycles. The molecule has 1 saturated heterocycles. The topological polar surface area (TPSA) is 84.7 Å². The van der Waals surface area contributed by atoms with E-state index in [2.05, 4.69) is 5.10 Å². The lowest BCUT2D eigenvalue weighted by Gasteiger charge is -2.25. The average molecular weight is 369 g/mol. The van der Waals surface area contributed by atoms with Crippen LogP contribution in [0.25, 0.3) is 5.69 Å². The lowest BCUT2D eigenvalue weighted by atomic mass is 10.1. The number of carbonyl (C=O) groups excluding carboxylic acids is 1. The van der Waals surface area contributed by atoms with Gasteiger partial charge in [0.1, 0.15) is 5.56 Å². The van der Waals surface area contributed by atoms with Gasteiger partial charge in [-0.05, 0) is 50.5 Å². The van der Waals surface area contributed by atoms with Crippen molar-refractivity contribution in [2.75, 3.05) is 19.8 Å². The largest absolute Gasteiger partial charge is 0.478 e. The molecule has 2 aromatic rings. The predicted octanol–water partition coefficient (Wildman–Crippen LogP) is 2.52. The first-order chi connectivity index (χ1) is 13.0. The van der Waals surface area contributed by atoms with Gasteiger partial charge in [0.25, 0.3) is 5.91 Å². The summed E-state index contributed by atoms with van der Waals surface area (Å²) < 4.78 is 7.02. The SMILES string of the molecule is Cc1c(C(=O)O)cnn1-c1ccc(C(=O)N(C[C@H]2CCOC2)C2CC2)cc1. The minimum atomic E-state index is -0.999. The third-order valence-electron chi connectivity index (χ3n) is 5.33. The molecule has 0 bridgehead atoms. The van der Waals surface area contributed by atoms with E-state index in [1.807, 2.05) is 17.0 Å². The van der Waals surface area contributed by atoms with E-state index >= 15 is 0 Å². The highest BCUT2D eigenvalue weighted by Gasteiger charge is 2.35. The number of amides is 1. The number of hydrogen-bond acceptors (Lipinski definition) is 4. The number of aromatic nitrogens is 2. The highest BCUT2D eigenvalue weighted by Crippen LogP contribution is 2.30. The van der Waals surface area contributed by atoms with Gasteiger partial charge in [0, 0.05) is 30.7 Å². The summed E-state index contributed by atoms with van der Waals surface area (Å²) in [5.41, 5.74) is 2.11. The van der Waals surface area contributed by atoms with Gasteiger partial charge in [-0.3, -0.25) is 4.79 Å². The fraction of sp³-hybridized carbons (Fsp3) is 0.450. The fourth-order valence-electron chi connectivity index (χ4n) is 3.58. The molecule has 1 amide bonds. The van der Waals surface area contributed by atoms with Crippen LogP contribution in [-0.4, -0.2) is 57.5 Å². The van der Waals surface area contributed by atoms with Gasteiger partial charge in [-0.25, -0.2) is 9.48 Å². The van der Waals surface area contributed by atoms with Gasteiger partial charge in [-0.15, -0.1) is 0 Å². The summed E-state index contributed by atoms with van der Waals surface area (Å²) in [5, 5.41) is 13.3. The first-order valence-electron chi connectivity index (χ1n) is 9.31. The molecule has 1 saturated carbocycles. The summed E-state index contributed by atoms with van der Waals surface area (Å²) in [4.78, 5) is 26.2. The van der Waals surface area contributed by atoms with Crippen LogP contribution in [0.3, 0.4) is 0 Å². The second-order valence-corrected chi connectivity index (χ2v) is 7.33. The van der Waals surface area contributed by atoms with Gasteiger partial charge < -0.3 is 14.7 Å². The molecule has 2 fully saturated rings. The summed E-state index contributed by atoms with van der Waals surface area (Å²) >= 11 is 0. The smallest absolute Gasteiger partial charge is 0.339 e. The molecule has 7 heteroatoms. The van der Waals surface area contributed by atoms with E-state index in [-0.39, 0.29) is 11.5 Å². The summed E-state index contributed by atoms with van der Waals surface area (Å²) in [5.74, 6) is -0.518. The van der Waals surface area contributed by atoms with E-state index in [1.54, 1.807) is 23.7 Å². The average Bonchev–Trinajstić information content (AvgIpc) is 3.22. The number of aromatic carboxylic acids is 1. The highest BCUT2D eigenvalue weighted by atomic mass is 16.5. The van der Waals surface area contributed by atoms with Crippen LogP contribution < -0.4 is 0 Å². The van der Waals surface area contributed by atoms with Gasteiger partial charge in [0.15, 0.2) is 0 Å². The maximum Gasteiger partial charge on any atom is 0.339 e. The minimum absolute atomic E-state index is 0.0550. The van der Waals surface area contributed by atoms with Crippen LogP contribution in [0, 0.1) is 12.8 Å². The van der Waals surface area contributed by atoms with E-state index < -0.39 is 5.97 Å². The number of nitrogens with zero attached hydrogens (tertiary/aromatic N) is 3. The highest BCUT2D eigenvalue weighted by molar-refractivity contribution is 5.95. The zero-order chi connectivity index (χ0) is 19.0. The van der Waals surface area contributed by atoms with E-state index in [1.165, 1.54) is 6.20 Å². The van der Waals surface area contributed by atoms with E-state index in [9.17, 15) is 9.59 Å². The quantitative estimate of drug-likeness (QED) is 0.846. The van der Waals surface area contributed by atoms with Crippen molar-refractivity contribution >= 4 is 11.9 Å². The lowest BCUT2D eigenvalue weighted by Crippen LogP contribution is -2.37. The monoisotopic (exact) mass is 369 g/mol. The van der Waals surface area contributed by atoms with Crippen LogP contribution >= 0.6 is 0 Å². The van der Waals surface area contributed by atoms with Crippen LogP contribution in [0.5, 0.6) is 0 Å². The fourth-order valence-corrected chi connectivity index (χ4v) is 3.58. The number of ether oxygens (including phenoxy) is 1. The molecule has 0 spiro atoms. The van der Waals surface area contributed by atoms with Gasteiger partial charge >= 0.3 is 5.97 Å². The normalized spacial score (nSPS) is 19.2. The second-order valence-electron chi connectivity index (χ2n) is 7.33. The van der Waals surface area contributed by atoms with Crippen molar-refractivity contribution in [3.05, 3.63) is 47.3 Å². The molecule has 4 rings (SSSR count). The molecular weight excluding hydrogens is 346 g/mol. The Bertz CT molecular complexity index is 849. The van der Waals surface area contributed by atoms with E-state index in [0.717, 1.165) is 44.7 Å². The Kier molecular flexibility index (Phi) is 4.70. The van der Waals surface area contributed by atoms with E-state index in [0.29, 0.717) is 23.2 Å². The molecule has 1 atom stereocenters. The molecule has 1 aliphatic heterocycles. The van der Waals surface area contributed by atoms with Gasteiger partial charge in [-0.1, -0.05) is 0 Å². The van der Waals surface area contributed by atoms with Crippen molar-refractivity contribution < 1.29 is 19.4 Å². The third kappa shape index (κ3) is 3.60. The molecule has 2 aliphatic rings. The molecule has 1 N–H and O–H groups in total. The number of carbonyl (C=O) groups is 2. The predicted molar refractivity (Wildman–Crippen MR) is 98.2 cm³/mol. The molecule has 2 heterocycles. The van der Waals surface area contributed by atoms with Crippen molar-refractivity contribution in [2.45, 2.75) is 32.2 Å². The van der Waals surface area contributed by atoms with E-state index in [4.69, 9.17) is 9.84 Å². The Morgan fingerprint density at radius 1 is 1.26 bits per heavy atom. The van der Waals surface area contributed by atoms with Gasteiger partial charge in [0.2, 0.25) is 0 Å². The number of carboxylic acids is 1. The Morgan fingerprint density at radius 3 is 2.56 bits per heavy atom. The Labute approximate surface area is 157 Å². The van der Waals surface area contributed by atoms with Crippen LogP contribution in [0.15, 0.2) is 30.5 Å². The van der Waals surface area contributed by atoms with Crippen molar-refractivity contribution in [2.24, 2.45) is 5.92 Å². The Hall–Kier alpha value is -2.67. The number of hydrogen-bond donors (Lipinski definition) is 1. The number of carboxylic acid groups (broad SMARTS) is 1. The minimum Gasteiger partial charge on any atom is -0.478 e. The Morgan fingerprint density at radius 2 is 2.00 bits per heavy atom. The number of benzene rings is 1. The second kappa shape index (κ2) is 7.15.